The zero-order valence-corrected chi connectivity index (χ0v) is 25.1. The molecule has 9 heteroatoms. The van der Waals surface area contributed by atoms with Crippen LogP contribution in [0.15, 0.2) is 71.9 Å². The van der Waals surface area contributed by atoms with Crippen LogP contribution in [-0.4, -0.2) is 69.6 Å². The Hall–Kier alpha value is -3.10. The number of carbonyl (C=O) groups excluding carboxylic acids is 2. The molecule has 1 aromatic heterocycles. The van der Waals surface area contributed by atoms with Gasteiger partial charge in [-0.25, -0.2) is 9.97 Å². The van der Waals surface area contributed by atoms with Crippen LogP contribution in [0.4, 0.5) is 5.82 Å². The van der Waals surface area contributed by atoms with Crippen LogP contribution in [0.5, 0.6) is 0 Å². The summed E-state index contributed by atoms with van der Waals surface area (Å²) in [5.41, 5.74) is 2.29. The number of aromatic nitrogens is 2. The Bertz CT molecular complexity index is 1260. The van der Waals surface area contributed by atoms with Crippen LogP contribution in [0, 0.1) is 5.92 Å². The Balaban J connectivity index is 1.39. The van der Waals surface area contributed by atoms with E-state index in [1.54, 1.807) is 6.07 Å². The maximum atomic E-state index is 13.4. The Morgan fingerprint density at radius 2 is 1.70 bits per heavy atom. The van der Waals surface area contributed by atoms with E-state index in [9.17, 15) is 9.59 Å². The molecule has 1 aliphatic rings. The molecular weight excluding hydrogens is 542 g/mol. The summed E-state index contributed by atoms with van der Waals surface area (Å²) in [6.07, 6.45) is 1.34. The summed E-state index contributed by atoms with van der Waals surface area (Å²) in [6.45, 7) is 9.36. The van der Waals surface area contributed by atoms with Gasteiger partial charge in [0.25, 0.3) is 0 Å². The maximum absolute atomic E-state index is 13.4. The molecule has 1 aliphatic heterocycles. The third-order valence-corrected chi connectivity index (χ3v) is 7.95. The lowest BCUT2D eigenvalue weighted by molar-refractivity contribution is -0.134. The third-order valence-electron chi connectivity index (χ3n) is 6.92. The van der Waals surface area contributed by atoms with Crippen molar-refractivity contribution < 1.29 is 9.59 Å². The van der Waals surface area contributed by atoms with Crippen molar-refractivity contribution in [3.8, 4) is 0 Å². The van der Waals surface area contributed by atoms with Crippen LogP contribution in [0.3, 0.4) is 0 Å². The highest BCUT2D eigenvalue weighted by Gasteiger charge is 2.28. The second kappa shape index (κ2) is 14.5. The summed E-state index contributed by atoms with van der Waals surface area (Å²) >= 11 is 7.70. The van der Waals surface area contributed by atoms with Gasteiger partial charge in [0.15, 0.2) is 5.16 Å². The van der Waals surface area contributed by atoms with Crippen molar-refractivity contribution in [3.05, 3.63) is 83.0 Å². The molecule has 1 atom stereocenters. The monoisotopic (exact) mass is 579 g/mol. The SMILES string of the molecule is CC(C)CC(=O)N1CCN(c2cc(Cl)nc(SCC(=O)N(CCc3ccccc3)Cc3ccccc3)n2)CC1C. The van der Waals surface area contributed by atoms with E-state index in [1.807, 2.05) is 58.3 Å². The number of halogens is 1. The number of anilines is 1. The highest BCUT2D eigenvalue weighted by Crippen LogP contribution is 2.25. The van der Waals surface area contributed by atoms with E-state index in [0.29, 0.717) is 55.4 Å². The van der Waals surface area contributed by atoms with Crippen molar-refractivity contribution in [1.82, 2.24) is 19.8 Å². The van der Waals surface area contributed by atoms with Crippen LogP contribution in [-0.2, 0) is 22.6 Å². The second-order valence-electron chi connectivity index (χ2n) is 10.6. The van der Waals surface area contributed by atoms with Gasteiger partial charge in [0.1, 0.15) is 11.0 Å². The highest BCUT2D eigenvalue weighted by atomic mass is 35.5. The Kier molecular flexibility index (Phi) is 10.8. The van der Waals surface area contributed by atoms with Gasteiger partial charge in [0.2, 0.25) is 11.8 Å². The molecule has 40 heavy (non-hydrogen) atoms. The Morgan fingerprint density at radius 3 is 2.35 bits per heavy atom. The van der Waals surface area contributed by atoms with Gasteiger partial charge >= 0.3 is 0 Å². The molecule has 2 heterocycles. The van der Waals surface area contributed by atoms with E-state index >= 15 is 0 Å². The first-order chi connectivity index (χ1) is 19.3. The van der Waals surface area contributed by atoms with Crippen LogP contribution in [0.1, 0.15) is 38.3 Å². The highest BCUT2D eigenvalue weighted by molar-refractivity contribution is 7.99. The van der Waals surface area contributed by atoms with Gasteiger partial charge in [0, 0.05) is 51.3 Å². The van der Waals surface area contributed by atoms with Gasteiger partial charge in [-0.05, 0) is 30.4 Å². The molecule has 1 fully saturated rings. The van der Waals surface area contributed by atoms with E-state index < -0.39 is 0 Å². The number of nitrogens with zero attached hydrogens (tertiary/aromatic N) is 5. The molecule has 0 spiro atoms. The first-order valence-electron chi connectivity index (χ1n) is 13.9. The lowest BCUT2D eigenvalue weighted by Gasteiger charge is -2.40. The number of thioether (sulfide) groups is 1. The molecule has 212 valence electrons. The minimum Gasteiger partial charge on any atom is -0.353 e. The second-order valence-corrected chi connectivity index (χ2v) is 12.0. The Morgan fingerprint density at radius 1 is 1.02 bits per heavy atom. The van der Waals surface area contributed by atoms with Gasteiger partial charge < -0.3 is 14.7 Å². The molecule has 2 aromatic carbocycles. The first-order valence-corrected chi connectivity index (χ1v) is 15.2. The van der Waals surface area contributed by atoms with Crippen molar-refractivity contribution in [2.24, 2.45) is 5.92 Å². The number of carbonyl (C=O) groups is 2. The lowest BCUT2D eigenvalue weighted by Crippen LogP contribution is -2.54. The molecule has 1 saturated heterocycles. The van der Waals surface area contributed by atoms with Gasteiger partial charge in [0.05, 0.1) is 5.75 Å². The van der Waals surface area contributed by atoms with Crippen molar-refractivity contribution in [2.75, 3.05) is 36.8 Å². The molecule has 0 aliphatic carbocycles. The number of hydrogen-bond donors (Lipinski definition) is 0. The van der Waals surface area contributed by atoms with E-state index in [0.717, 1.165) is 17.8 Å². The molecule has 4 rings (SSSR count). The van der Waals surface area contributed by atoms with Crippen LogP contribution in [0.2, 0.25) is 5.15 Å². The lowest BCUT2D eigenvalue weighted by atomic mass is 10.1. The molecule has 2 amide bonds. The fraction of sp³-hybridized carbons (Fsp3) is 0.419. The van der Waals surface area contributed by atoms with E-state index in [4.69, 9.17) is 16.6 Å². The number of hydrogen-bond acceptors (Lipinski definition) is 6. The summed E-state index contributed by atoms with van der Waals surface area (Å²) in [5.74, 6) is 1.51. The van der Waals surface area contributed by atoms with Gasteiger partial charge in [-0.15, -0.1) is 0 Å². The third kappa shape index (κ3) is 8.70. The smallest absolute Gasteiger partial charge is 0.233 e. The summed E-state index contributed by atoms with van der Waals surface area (Å²) in [5, 5.41) is 0.820. The van der Waals surface area contributed by atoms with Gasteiger partial charge in [-0.2, -0.15) is 0 Å². The van der Waals surface area contributed by atoms with Crippen molar-refractivity contribution in [1.29, 1.82) is 0 Å². The van der Waals surface area contributed by atoms with Gasteiger partial charge in [-0.3, -0.25) is 9.59 Å². The van der Waals surface area contributed by atoms with E-state index in [2.05, 4.69) is 42.8 Å². The van der Waals surface area contributed by atoms with Crippen LogP contribution >= 0.6 is 23.4 Å². The molecule has 0 N–H and O–H groups in total. The summed E-state index contributed by atoms with van der Waals surface area (Å²) in [7, 11) is 0. The van der Waals surface area contributed by atoms with E-state index in [-0.39, 0.29) is 23.6 Å². The van der Waals surface area contributed by atoms with Crippen molar-refractivity contribution in [2.45, 2.75) is 51.4 Å². The maximum Gasteiger partial charge on any atom is 0.233 e. The van der Waals surface area contributed by atoms with Crippen molar-refractivity contribution >= 4 is 41.0 Å². The fourth-order valence-electron chi connectivity index (χ4n) is 4.84. The largest absolute Gasteiger partial charge is 0.353 e. The van der Waals surface area contributed by atoms with Crippen LogP contribution in [0.25, 0.3) is 0 Å². The molecule has 0 saturated carbocycles. The zero-order valence-electron chi connectivity index (χ0n) is 23.5. The summed E-state index contributed by atoms with van der Waals surface area (Å²) < 4.78 is 0. The average molecular weight is 580 g/mol. The predicted octanol–water partition coefficient (Wildman–Crippen LogP) is 5.58. The normalized spacial score (nSPS) is 15.4. The van der Waals surface area contributed by atoms with Crippen LogP contribution < -0.4 is 4.90 Å². The standard InChI is InChI=1S/C31H38ClN5O2S/c1-23(2)18-29(38)37-17-16-35(20-24(37)3)28-19-27(32)33-31(34-28)40-22-30(39)36(21-26-12-8-5-9-13-26)15-14-25-10-6-4-7-11-25/h4-13,19,23-24H,14-18,20-22H2,1-3H3. The topological polar surface area (TPSA) is 69.6 Å². The van der Waals surface area contributed by atoms with Crippen molar-refractivity contribution in [3.63, 3.8) is 0 Å². The molecule has 0 radical (unpaired) electrons. The molecular formula is C31H38ClN5O2S. The molecule has 1 unspecified atom stereocenters. The quantitative estimate of drug-likeness (QED) is 0.168. The average Bonchev–Trinajstić information content (AvgIpc) is 2.94. The summed E-state index contributed by atoms with van der Waals surface area (Å²) in [6, 6.07) is 22.1. The number of piperazine rings is 1. The zero-order chi connectivity index (χ0) is 28.5. The summed E-state index contributed by atoms with van der Waals surface area (Å²) in [4.78, 5) is 41.2. The van der Waals surface area contributed by atoms with E-state index in [1.165, 1.54) is 17.3 Å². The Labute approximate surface area is 246 Å². The minimum atomic E-state index is 0.0285. The van der Waals surface area contributed by atoms with Gasteiger partial charge in [-0.1, -0.05) is 97.9 Å². The molecule has 3 aromatic rings. The first kappa shape index (κ1) is 29.9. The number of amides is 2. The minimum absolute atomic E-state index is 0.0285. The predicted molar refractivity (Wildman–Crippen MR) is 163 cm³/mol. The number of benzene rings is 2. The molecule has 0 bridgehead atoms. The number of rotatable bonds is 11. The molecule has 7 nitrogen and oxygen atoms in total. The fourth-order valence-corrected chi connectivity index (χ4v) is 5.82.